The summed E-state index contributed by atoms with van der Waals surface area (Å²) in [5.41, 5.74) is 0.107. The van der Waals surface area contributed by atoms with Crippen molar-refractivity contribution in [1.82, 2.24) is 0 Å². The Morgan fingerprint density at radius 1 is 1.44 bits per heavy atom. The van der Waals surface area contributed by atoms with Gasteiger partial charge in [-0.25, -0.2) is 4.79 Å². The van der Waals surface area contributed by atoms with Crippen molar-refractivity contribution in [1.29, 1.82) is 5.26 Å². The van der Waals surface area contributed by atoms with Crippen LogP contribution in [0.5, 0.6) is 11.5 Å². The Morgan fingerprint density at radius 3 is 2.83 bits per heavy atom. The number of nitrogens with zero attached hydrogens (tertiary/aromatic N) is 1. The van der Waals surface area contributed by atoms with E-state index in [1.54, 1.807) is 12.1 Å². The minimum absolute atomic E-state index is 0.107. The maximum atomic E-state index is 11.0. The van der Waals surface area contributed by atoms with E-state index in [0.29, 0.717) is 30.9 Å². The number of hydrogen-bond acceptors (Lipinski definition) is 4. The molecule has 0 aromatic heterocycles. The van der Waals surface area contributed by atoms with Crippen molar-refractivity contribution in [3.05, 3.63) is 23.8 Å². The van der Waals surface area contributed by atoms with Gasteiger partial charge in [-0.05, 0) is 25.0 Å². The normalized spacial score (nSPS) is 9.56. The first-order valence-electron chi connectivity index (χ1n) is 5.60. The van der Waals surface area contributed by atoms with E-state index in [4.69, 9.17) is 19.8 Å². The standard InChI is InChI=1S/C13H15NO4/c1-17-10-5-6-11(13(15)16)12(9-10)18-8-4-2-3-7-14/h5-6,9H,2-4,8H2,1H3,(H,15,16). The van der Waals surface area contributed by atoms with Gasteiger partial charge in [0.2, 0.25) is 0 Å². The second kappa shape index (κ2) is 7.17. The molecule has 5 nitrogen and oxygen atoms in total. The summed E-state index contributed by atoms with van der Waals surface area (Å²) in [6, 6.07) is 6.62. The van der Waals surface area contributed by atoms with Gasteiger partial charge in [-0.3, -0.25) is 0 Å². The minimum Gasteiger partial charge on any atom is -0.497 e. The molecule has 0 aliphatic rings. The van der Waals surface area contributed by atoms with Crippen LogP contribution in [0.25, 0.3) is 0 Å². The molecule has 0 amide bonds. The van der Waals surface area contributed by atoms with Gasteiger partial charge in [-0.2, -0.15) is 5.26 Å². The number of carboxylic acid groups (broad SMARTS) is 1. The third-order valence-electron chi connectivity index (χ3n) is 2.36. The van der Waals surface area contributed by atoms with E-state index < -0.39 is 5.97 Å². The molecule has 18 heavy (non-hydrogen) atoms. The summed E-state index contributed by atoms with van der Waals surface area (Å²) in [7, 11) is 1.51. The largest absolute Gasteiger partial charge is 0.497 e. The Hall–Kier alpha value is -2.22. The highest BCUT2D eigenvalue weighted by Crippen LogP contribution is 2.25. The predicted octanol–water partition coefficient (Wildman–Crippen LogP) is 2.47. The van der Waals surface area contributed by atoms with E-state index in [1.165, 1.54) is 13.2 Å². The van der Waals surface area contributed by atoms with Crippen molar-refractivity contribution in [2.45, 2.75) is 19.3 Å². The maximum absolute atomic E-state index is 11.0. The summed E-state index contributed by atoms with van der Waals surface area (Å²) in [6.07, 6.45) is 1.93. The molecule has 0 saturated heterocycles. The summed E-state index contributed by atoms with van der Waals surface area (Å²) < 4.78 is 10.4. The van der Waals surface area contributed by atoms with Gasteiger partial charge in [0.05, 0.1) is 19.8 Å². The number of nitriles is 1. The van der Waals surface area contributed by atoms with Crippen LogP contribution in [0.3, 0.4) is 0 Å². The van der Waals surface area contributed by atoms with Gasteiger partial charge in [0.1, 0.15) is 17.1 Å². The van der Waals surface area contributed by atoms with Crippen LogP contribution in [0.15, 0.2) is 18.2 Å². The fourth-order valence-corrected chi connectivity index (χ4v) is 1.41. The average Bonchev–Trinajstić information content (AvgIpc) is 2.38. The lowest BCUT2D eigenvalue weighted by molar-refractivity contribution is 0.0692. The Kier molecular flexibility index (Phi) is 5.52. The number of carbonyl (C=O) groups is 1. The van der Waals surface area contributed by atoms with Crippen LogP contribution in [0, 0.1) is 11.3 Å². The molecule has 0 saturated carbocycles. The second-order valence-corrected chi connectivity index (χ2v) is 3.63. The number of unbranched alkanes of at least 4 members (excludes halogenated alkanes) is 2. The number of benzene rings is 1. The molecule has 0 unspecified atom stereocenters. The lowest BCUT2D eigenvalue weighted by Crippen LogP contribution is -2.04. The van der Waals surface area contributed by atoms with Gasteiger partial charge in [0.25, 0.3) is 0 Å². The highest BCUT2D eigenvalue weighted by Gasteiger charge is 2.12. The minimum atomic E-state index is -1.04. The van der Waals surface area contributed by atoms with E-state index in [-0.39, 0.29) is 5.56 Å². The number of aromatic carboxylic acids is 1. The van der Waals surface area contributed by atoms with E-state index in [1.807, 2.05) is 6.07 Å². The van der Waals surface area contributed by atoms with Crippen molar-refractivity contribution in [3.8, 4) is 17.6 Å². The Balaban J connectivity index is 2.66. The van der Waals surface area contributed by atoms with Crippen LogP contribution < -0.4 is 9.47 Å². The molecule has 0 aliphatic carbocycles. The van der Waals surface area contributed by atoms with Gasteiger partial charge < -0.3 is 14.6 Å². The molecule has 0 spiro atoms. The monoisotopic (exact) mass is 249 g/mol. The molecule has 1 N–H and O–H groups in total. The summed E-state index contributed by atoms with van der Waals surface area (Å²) in [5, 5.41) is 17.4. The fourth-order valence-electron chi connectivity index (χ4n) is 1.41. The molecule has 0 fully saturated rings. The number of rotatable bonds is 7. The molecule has 1 rings (SSSR count). The maximum Gasteiger partial charge on any atom is 0.339 e. The number of hydrogen-bond donors (Lipinski definition) is 1. The highest BCUT2D eigenvalue weighted by atomic mass is 16.5. The van der Waals surface area contributed by atoms with Gasteiger partial charge in [-0.15, -0.1) is 0 Å². The lowest BCUT2D eigenvalue weighted by Gasteiger charge is -2.10. The van der Waals surface area contributed by atoms with E-state index in [2.05, 4.69) is 0 Å². The molecule has 5 heteroatoms. The molecule has 0 aliphatic heterocycles. The van der Waals surface area contributed by atoms with Crippen LogP contribution in [0.1, 0.15) is 29.6 Å². The molecular formula is C13H15NO4. The summed E-state index contributed by atoms with van der Waals surface area (Å²) in [5.74, 6) is -0.199. The lowest BCUT2D eigenvalue weighted by atomic mass is 10.2. The number of carboxylic acids is 1. The zero-order valence-corrected chi connectivity index (χ0v) is 10.2. The van der Waals surface area contributed by atoms with Crippen LogP contribution in [-0.2, 0) is 0 Å². The Morgan fingerprint density at radius 2 is 2.22 bits per heavy atom. The van der Waals surface area contributed by atoms with Crippen LogP contribution >= 0.6 is 0 Å². The van der Waals surface area contributed by atoms with Crippen molar-refractivity contribution in [2.75, 3.05) is 13.7 Å². The first kappa shape index (κ1) is 13.8. The molecule has 0 bridgehead atoms. The summed E-state index contributed by atoms with van der Waals surface area (Å²) in [6.45, 7) is 0.384. The molecule has 0 radical (unpaired) electrons. The average molecular weight is 249 g/mol. The van der Waals surface area contributed by atoms with E-state index in [9.17, 15) is 4.79 Å². The SMILES string of the molecule is COc1ccc(C(=O)O)c(OCCCCC#N)c1. The Bertz CT molecular complexity index is 451. The van der Waals surface area contributed by atoms with E-state index >= 15 is 0 Å². The van der Waals surface area contributed by atoms with E-state index in [0.717, 1.165) is 6.42 Å². The first-order valence-corrected chi connectivity index (χ1v) is 5.60. The highest BCUT2D eigenvalue weighted by molar-refractivity contribution is 5.91. The zero-order chi connectivity index (χ0) is 13.4. The molecule has 96 valence electrons. The number of methoxy groups -OCH3 is 1. The van der Waals surface area contributed by atoms with Crippen LogP contribution in [0.4, 0.5) is 0 Å². The molecule has 1 aromatic rings. The van der Waals surface area contributed by atoms with Gasteiger partial charge in [0.15, 0.2) is 0 Å². The van der Waals surface area contributed by atoms with Gasteiger partial charge in [-0.1, -0.05) is 0 Å². The topological polar surface area (TPSA) is 79.6 Å². The third-order valence-corrected chi connectivity index (χ3v) is 2.36. The number of ether oxygens (including phenoxy) is 2. The van der Waals surface area contributed by atoms with Crippen molar-refractivity contribution < 1.29 is 19.4 Å². The van der Waals surface area contributed by atoms with Gasteiger partial charge >= 0.3 is 5.97 Å². The first-order chi connectivity index (χ1) is 8.69. The molecule has 0 atom stereocenters. The molecule has 1 aromatic carbocycles. The second-order valence-electron chi connectivity index (χ2n) is 3.63. The molecule has 0 heterocycles. The quantitative estimate of drug-likeness (QED) is 0.751. The van der Waals surface area contributed by atoms with Crippen molar-refractivity contribution in [3.63, 3.8) is 0 Å². The predicted molar refractivity (Wildman–Crippen MR) is 64.9 cm³/mol. The van der Waals surface area contributed by atoms with Gasteiger partial charge in [0, 0.05) is 12.5 Å². The van der Waals surface area contributed by atoms with Crippen LogP contribution in [0.2, 0.25) is 0 Å². The fraction of sp³-hybridized carbons (Fsp3) is 0.385. The van der Waals surface area contributed by atoms with Crippen molar-refractivity contribution in [2.24, 2.45) is 0 Å². The zero-order valence-electron chi connectivity index (χ0n) is 10.2. The van der Waals surface area contributed by atoms with Crippen molar-refractivity contribution >= 4 is 5.97 Å². The smallest absolute Gasteiger partial charge is 0.339 e. The van der Waals surface area contributed by atoms with Crippen LogP contribution in [-0.4, -0.2) is 24.8 Å². The summed E-state index contributed by atoms with van der Waals surface area (Å²) >= 11 is 0. The molecular weight excluding hydrogens is 234 g/mol. The Labute approximate surface area is 106 Å². The summed E-state index contributed by atoms with van der Waals surface area (Å²) in [4.78, 5) is 11.0. The third kappa shape index (κ3) is 3.98.